The van der Waals surface area contributed by atoms with E-state index in [1.165, 1.54) is 5.56 Å². The van der Waals surface area contributed by atoms with E-state index < -0.39 is 5.41 Å². The monoisotopic (exact) mass is 263 g/mol. The molecule has 1 rings (SSSR count). The van der Waals surface area contributed by atoms with E-state index in [0.717, 1.165) is 25.7 Å². The molecule has 2 N–H and O–H groups in total. The molecule has 0 saturated carbocycles. The lowest BCUT2D eigenvalue weighted by Gasteiger charge is -2.25. The predicted octanol–water partition coefficient (Wildman–Crippen LogP) is 2.93. The van der Waals surface area contributed by atoms with Gasteiger partial charge in [-0.2, -0.15) is 0 Å². The Balaban J connectivity index is 2.35. The van der Waals surface area contributed by atoms with Gasteiger partial charge in [0.2, 0.25) is 0 Å². The van der Waals surface area contributed by atoms with Crippen LogP contribution >= 0.6 is 0 Å². The highest BCUT2D eigenvalue weighted by atomic mass is 16.5. The van der Waals surface area contributed by atoms with E-state index in [2.05, 4.69) is 24.3 Å². The Morgan fingerprint density at radius 1 is 1.26 bits per heavy atom. The third kappa shape index (κ3) is 5.03. The summed E-state index contributed by atoms with van der Waals surface area (Å²) in [6.07, 6.45) is 3.89. The number of benzene rings is 1. The van der Waals surface area contributed by atoms with Gasteiger partial charge in [0.05, 0.1) is 12.0 Å². The molecular weight excluding hydrogens is 238 g/mol. The molecule has 1 aromatic carbocycles. The first-order chi connectivity index (χ1) is 9.12. The number of unbranched alkanes of at least 4 members (excludes halogenated alkanes) is 1. The van der Waals surface area contributed by atoms with Crippen molar-refractivity contribution >= 4 is 5.97 Å². The number of esters is 1. The molecule has 0 spiro atoms. The summed E-state index contributed by atoms with van der Waals surface area (Å²) in [6.45, 7) is 4.48. The second kappa shape index (κ2) is 7.95. The quantitative estimate of drug-likeness (QED) is 0.579. The van der Waals surface area contributed by atoms with Gasteiger partial charge < -0.3 is 10.5 Å². The van der Waals surface area contributed by atoms with Gasteiger partial charge in [-0.15, -0.1) is 0 Å². The zero-order valence-electron chi connectivity index (χ0n) is 12.0. The summed E-state index contributed by atoms with van der Waals surface area (Å²) < 4.78 is 5.09. The van der Waals surface area contributed by atoms with Crippen LogP contribution in [0.5, 0.6) is 0 Å². The van der Waals surface area contributed by atoms with Crippen LogP contribution in [0.15, 0.2) is 30.3 Å². The van der Waals surface area contributed by atoms with Crippen LogP contribution in [0.3, 0.4) is 0 Å². The molecule has 0 aromatic heterocycles. The second-order valence-corrected chi connectivity index (χ2v) is 5.18. The fourth-order valence-corrected chi connectivity index (χ4v) is 2.08. The molecule has 1 aromatic rings. The molecule has 3 nitrogen and oxygen atoms in total. The van der Waals surface area contributed by atoms with Crippen molar-refractivity contribution in [3.63, 3.8) is 0 Å². The van der Waals surface area contributed by atoms with Crippen LogP contribution in [0.25, 0.3) is 0 Å². The van der Waals surface area contributed by atoms with Crippen molar-refractivity contribution in [2.24, 2.45) is 11.1 Å². The van der Waals surface area contributed by atoms with Crippen molar-refractivity contribution in [1.82, 2.24) is 0 Å². The van der Waals surface area contributed by atoms with Crippen LogP contribution in [0.4, 0.5) is 0 Å². The number of nitrogens with two attached hydrogens (primary N) is 1. The minimum absolute atomic E-state index is 0.169. The van der Waals surface area contributed by atoms with Crippen LogP contribution in [-0.2, 0) is 16.0 Å². The van der Waals surface area contributed by atoms with Crippen molar-refractivity contribution in [1.29, 1.82) is 0 Å². The number of ether oxygens (including phenoxy) is 1. The summed E-state index contributed by atoms with van der Waals surface area (Å²) in [6, 6.07) is 10.4. The van der Waals surface area contributed by atoms with Gasteiger partial charge in [-0.1, -0.05) is 36.8 Å². The van der Waals surface area contributed by atoms with Crippen LogP contribution in [0.1, 0.15) is 38.7 Å². The lowest BCUT2D eigenvalue weighted by molar-refractivity contribution is -0.154. The van der Waals surface area contributed by atoms with Crippen LogP contribution in [0.2, 0.25) is 0 Å². The van der Waals surface area contributed by atoms with Gasteiger partial charge in [0, 0.05) is 6.54 Å². The zero-order valence-corrected chi connectivity index (χ0v) is 12.0. The molecule has 1 unspecified atom stereocenters. The SMILES string of the molecule is CCOC(=O)C(C)(CN)CCCCc1ccccc1. The molecular formula is C16H25NO2. The largest absolute Gasteiger partial charge is 0.466 e. The predicted molar refractivity (Wildman–Crippen MR) is 77.8 cm³/mol. The summed E-state index contributed by atoms with van der Waals surface area (Å²) in [4.78, 5) is 11.9. The highest BCUT2D eigenvalue weighted by molar-refractivity contribution is 5.76. The minimum Gasteiger partial charge on any atom is -0.466 e. The Labute approximate surface area is 116 Å². The highest BCUT2D eigenvalue weighted by Gasteiger charge is 2.32. The first kappa shape index (κ1) is 15.7. The number of aryl methyl sites for hydroxylation is 1. The van der Waals surface area contributed by atoms with Gasteiger partial charge in [-0.25, -0.2) is 0 Å². The molecule has 0 saturated heterocycles. The molecule has 0 amide bonds. The standard InChI is InChI=1S/C16H25NO2/c1-3-19-15(18)16(2,13-17)12-8-7-11-14-9-5-4-6-10-14/h4-6,9-10H,3,7-8,11-13,17H2,1-2H3. The molecule has 0 aliphatic carbocycles. The molecule has 0 radical (unpaired) electrons. The summed E-state index contributed by atoms with van der Waals surface area (Å²) >= 11 is 0. The maximum atomic E-state index is 11.9. The molecule has 0 fully saturated rings. The van der Waals surface area contributed by atoms with E-state index in [-0.39, 0.29) is 5.97 Å². The van der Waals surface area contributed by atoms with E-state index in [1.807, 2.05) is 19.9 Å². The fraction of sp³-hybridized carbons (Fsp3) is 0.562. The lowest BCUT2D eigenvalue weighted by Crippen LogP contribution is -2.37. The first-order valence-corrected chi connectivity index (χ1v) is 7.03. The Kier molecular flexibility index (Phi) is 6.57. The fourth-order valence-electron chi connectivity index (χ4n) is 2.08. The number of carbonyl (C=O) groups is 1. The number of hydrogen-bond acceptors (Lipinski definition) is 3. The maximum absolute atomic E-state index is 11.9. The average molecular weight is 263 g/mol. The van der Waals surface area contributed by atoms with E-state index in [9.17, 15) is 4.79 Å². The normalized spacial score (nSPS) is 13.8. The molecule has 0 aliphatic rings. The van der Waals surface area contributed by atoms with E-state index >= 15 is 0 Å². The minimum atomic E-state index is -0.535. The maximum Gasteiger partial charge on any atom is 0.313 e. The Morgan fingerprint density at radius 3 is 2.53 bits per heavy atom. The summed E-state index contributed by atoms with van der Waals surface area (Å²) in [5, 5.41) is 0. The van der Waals surface area contributed by atoms with E-state index in [4.69, 9.17) is 10.5 Å². The zero-order chi connectivity index (χ0) is 14.1. The number of hydrogen-bond donors (Lipinski definition) is 1. The smallest absolute Gasteiger partial charge is 0.313 e. The molecule has 3 heteroatoms. The van der Waals surface area contributed by atoms with Crippen LogP contribution in [0, 0.1) is 5.41 Å². The molecule has 106 valence electrons. The van der Waals surface area contributed by atoms with Gasteiger partial charge in [-0.05, 0) is 38.7 Å². The number of rotatable bonds is 8. The molecule has 0 aliphatic heterocycles. The lowest BCUT2D eigenvalue weighted by atomic mass is 9.84. The van der Waals surface area contributed by atoms with Gasteiger partial charge in [0.25, 0.3) is 0 Å². The topological polar surface area (TPSA) is 52.3 Å². The Hall–Kier alpha value is -1.35. The van der Waals surface area contributed by atoms with Gasteiger partial charge in [0.1, 0.15) is 0 Å². The first-order valence-electron chi connectivity index (χ1n) is 7.03. The highest BCUT2D eigenvalue weighted by Crippen LogP contribution is 2.25. The number of carbonyl (C=O) groups excluding carboxylic acids is 1. The van der Waals surface area contributed by atoms with Crippen molar-refractivity contribution in [3.05, 3.63) is 35.9 Å². The molecule has 0 heterocycles. The van der Waals surface area contributed by atoms with E-state index in [1.54, 1.807) is 0 Å². The van der Waals surface area contributed by atoms with Crippen LogP contribution in [-0.4, -0.2) is 19.1 Å². The second-order valence-electron chi connectivity index (χ2n) is 5.18. The Bertz CT molecular complexity index is 378. The van der Waals surface area contributed by atoms with Crippen molar-refractivity contribution in [3.8, 4) is 0 Å². The van der Waals surface area contributed by atoms with Crippen molar-refractivity contribution < 1.29 is 9.53 Å². The summed E-state index contributed by atoms with van der Waals surface area (Å²) in [5.41, 5.74) is 6.54. The third-order valence-electron chi connectivity index (χ3n) is 3.51. The van der Waals surface area contributed by atoms with Gasteiger partial charge in [0.15, 0.2) is 0 Å². The average Bonchev–Trinajstić information content (AvgIpc) is 2.44. The van der Waals surface area contributed by atoms with Crippen LogP contribution < -0.4 is 5.73 Å². The van der Waals surface area contributed by atoms with Crippen molar-refractivity contribution in [2.75, 3.05) is 13.2 Å². The summed E-state index contributed by atoms with van der Waals surface area (Å²) in [5.74, 6) is -0.169. The van der Waals surface area contributed by atoms with Gasteiger partial charge >= 0.3 is 5.97 Å². The van der Waals surface area contributed by atoms with E-state index in [0.29, 0.717) is 13.2 Å². The molecule has 0 bridgehead atoms. The molecule has 19 heavy (non-hydrogen) atoms. The third-order valence-corrected chi connectivity index (χ3v) is 3.51. The van der Waals surface area contributed by atoms with Gasteiger partial charge in [-0.3, -0.25) is 4.79 Å². The Morgan fingerprint density at radius 2 is 1.95 bits per heavy atom. The molecule has 1 atom stereocenters. The summed E-state index contributed by atoms with van der Waals surface area (Å²) in [7, 11) is 0. The van der Waals surface area contributed by atoms with Crippen molar-refractivity contribution in [2.45, 2.75) is 39.5 Å².